The lowest BCUT2D eigenvalue weighted by Crippen LogP contribution is -2.32. The maximum absolute atomic E-state index is 12.3. The molecule has 24 heavy (non-hydrogen) atoms. The highest BCUT2D eigenvalue weighted by molar-refractivity contribution is 7.90. The van der Waals surface area contributed by atoms with Crippen molar-refractivity contribution in [3.8, 4) is 0 Å². The van der Waals surface area contributed by atoms with E-state index in [1.807, 2.05) is 6.07 Å². The Kier molecular flexibility index (Phi) is 4.19. The van der Waals surface area contributed by atoms with Crippen LogP contribution < -0.4 is 4.72 Å². The molecule has 1 aromatic carbocycles. The van der Waals surface area contributed by atoms with Gasteiger partial charge in [0, 0.05) is 23.9 Å². The molecule has 1 heterocycles. The van der Waals surface area contributed by atoms with Crippen molar-refractivity contribution in [2.45, 2.75) is 24.2 Å². The zero-order chi connectivity index (χ0) is 17.3. The van der Waals surface area contributed by atoms with Gasteiger partial charge in [-0.15, -0.1) is 0 Å². The summed E-state index contributed by atoms with van der Waals surface area (Å²) < 4.78 is 26.7. The van der Waals surface area contributed by atoms with E-state index < -0.39 is 15.9 Å². The molecule has 1 aliphatic carbocycles. The van der Waals surface area contributed by atoms with Crippen LogP contribution in [-0.4, -0.2) is 25.1 Å². The number of nitrogens with one attached hydrogen (secondary N) is 1. The maximum Gasteiger partial charge on any atom is 0.264 e. The molecule has 124 valence electrons. The second-order valence-corrected chi connectivity index (χ2v) is 7.47. The number of benzene rings is 1. The molecule has 1 amide bonds. The van der Waals surface area contributed by atoms with Crippen LogP contribution in [0.1, 0.15) is 35.2 Å². The molecule has 2 aromatic rings. The normalized spacial score (nSPS) is 19.5. The molecule has 0 bridgehead atoms. The van der Waals surface area contributed by atoms with Crippen molar-refractivity contribution < 1.29 is 18.0 Å². The third kappa shape index (κ3) is 3.35. The summed E-state index contributed by atoms with van der Waals surface area (Å²) in [5, 5.41) is 0. The quantitative estimate of drug-likeness (QED) is 0.836. The Morgan fingerprint density at radius 2 is 1.88 bits per heavy atom. The topological polar surface area (TPSA) is 93.2 Å². The smallest absolute Gasteiger partial charge is 0.264 e. The predicted octanol–water partition coefficient (Wildman–Crippen LogP) is 1.89. The highest BCUT2D eigenvalue weighted by Crippen LogP contribution is 2.47. The van der Waals surface area contributed by atoms with Gasteiger partial charge in [-0.05, 0) is 43.0 Å². The summed E-state index contributed by atoms with van der Waals surface area (Å²) in [6.07, 6.45) is 3.94. The average molecular weight is 344 g/mol. The van der Waals surface area contributed by atoms with E-state index in [1.54, 1.807) is 18.5 Å². The third-order valence-corrected chi connectivity index (χ3v) is 5.41. The number of Topliss-reactive ketones (excluding diaryl/α,β-unsaturated/α-hetero) is 1. The predicted molar refractivity (Wildman–Crippen MR) is 86.9 cm³/mol. The van der Waals surface area contributed by atoms with E-state index in [4.69, 9.17) is 0 Å². The fourth-order valence-electron chi connectivity index (χ4n) is 2.58. The van der Waals surface area contributed by atoms with Crippen molar-refractivity contribution in [2.75, 3.05) is 0 Å². The van der Waals surface area contributed by atoms with Crippen LogP contribution in [0.25, 0.3) is 0 Å². The summed E-state index contributed by atoms with van der Waals surface area (Å²) in [7, 11) is -3.94. The van der Waals surface area contributed by atoms with Crippen LogP contribution in [0.15, 0.2) is 53.7 Å². The van der Waals surface area contributed by atoms with Crippen molar-refractivity contribution in [2.24, 2.45) is 5.92 Å². The van der Waals surface area contributed by atoms with E-state index in [2.05, 4.69) is 9.71 Å². The van der Waals surface area contributed by atoms with E-state index in [-0.39, 0.29) is 22.5 Å². The standard InChI is InChI=1S/C17H16N2O4S/c1-11(20)12-4-6-14(7-5-12)24(22,23)19-17(21)16-9-15(16)13-3-2-8-18-10-13/h2-8,10,15-16H,9H2,1H3,(H,19,21)/t15-,16+/m1/s1. The second kappa shape index (κ2) is 6.16. The van der Waals surface area contributed by atoms with Crippen molar-refractivity contribution in [1.29, 1.82) is 0 Å². The molecule has 2 atom stereocenters. The fraction of sp³-hybridized carbons (Fsp3) is 0.235. The molecule has 0 unspecified atom stereocenters. The Morgan fingerprint density at radius 3 is 2.46 bits per heavy atom. The molecule has 7 heteroatoms. The van der Waals surface area contributed by atoms with Gasteiger partial charge in [-0.3, -0.25) is 14.6 Å². The number of carbonyl (C=O) groups is 2. The van der Waals surface area contributed by atoms with Crippen LogP contribution in [0, 0.1) is 5.92 Å². The molecule has 1 aliphatic rings. The molecule has 0 spiro atoms. The average Bonchev–Trinajstić information content (AvgIpc) is 3.36. The van der Waals surface area contributed by atoms with E-state index >= 15 is 0 Å². The molecular weight excluding hydrogens is 328 g/mol. The number of carbonyl (C=O) groups excluding carboxylic acids is 2. The number of pyridine rings is 1. The number of rotatable bonds is 5. The minimum atomic E-state index is -3.94. The highest BCUT2D eigenvalue weighted by Gasteiger charge is 2.45. The van der Waals surface area contributed by atoms with Crippen LogP contribution in [0.2, 0.25) is 0 Å². The van der Waals surface area contributed by atoms with E-state index in [1.165, 1.54) is 31.2 Å². The van der Waals surface area contributed by atoms with Crippen LogP contribution in [0.5, 0.6) is 0 Å². The lowest BCUT2D eigenvalue weighted by atomic mass is 10.1. The molecule has 3 rings (SSSR count). The Morgan fingerprint density at radius 1 is 1.17 bits per heavy atom. The van der Waals surface area contributed by atoms with E-state index in [9.17, 15) is 18.0 Å². The van der Waals surface area contributed by atoms with Crippen LogP contribution >= 0.6 is 0 Å². The first kappa shape index (κ1) is 16.3. The van der Waals surface area contributed by atoms with Crippen molar-refractivity contribution >= 4 is 21.7 Å². The first-order valence-electron chi connectivity index (χ1n) is 7.46. The largest absolute Gasteiger partial charge is 0.295 e. The minimum Gasteiger partial charge on any atom is -0.295 e. The molecule has 1 saturated carbocycles. The van der Waals surface area contributed by atoms with Gasteiger partial charge in [0.15, 0.2) is 5.78 Å². The summed E-state index contributed by atoms with van der Waals surface area (Å²) in [6.45, 7) is 1.40. The summed E-state index contributed by atoms with van der Waals surface area (Å²) >= 11 is 0. The van der Waals surface area contributed by atoms with Gasteiger partial charge in [0.2, 0.25) is 5.91 Å². The summed E-state index contributed by atoms with van der Waals surface area (Å²) in [6, 6.07) is 9.15. The molecule has 6 nitrogen and oxygen atoms in total. The van der Waals surface area contributed by atoms with Gasteiger partial charge >= 0.3 is 0 Å². The molecular formula is C17H16N2O4S. The summed E-state index contributed by atoms with van der Waals surface area (Å²) in [5.41, 5.74) is 1.35. The van der Waals surface area contributed by atoms with E-state index in [0.29, 0.717) is 12.0 Å². The first-order chi connectivity index (χ1) is 11.4. The number of sulfonamides is 1. The van der Waals surface area contributed by atoms with Gasteiger partial charge in [0.1, 0.15) is 0 Å². The summed E-state index contributed by atoms with van der Waals surface area (Å²) in [4.78, 5) is 27.4. The first-order valence-corrected chi connectivity index (χ1v) is 8.94. The van der Waals surface area contributed by atoms with Crippen LogP contribution in [-0.2, 0) is 14.8 Å². The van der Waals surface area contributed by atoms with Crippen molar-refractivity contribution in [3.05, 3.63) is 59.9 Å². The monoisotopic (exact) mass is 344 g/mol. The number of amides is 1. The van der Waals surface area contributed by atoms with E-state index in [0.717, 1.165) is 5.56 Å². The van der Waals surface area contributed by atoms with Crippen LogP contribution in [0.3, 0.4) is 0 Å². The molecule has 0 aliphatic heterocycles. The Balaban J connectivity index is 1.69. The maximum atomic E-state index is 12.3. The fourth-order valence-corrected chi connectivity index (χ4v) is 3.61. The zero-order valence-corrected chi connectivity index (χ0v) is 13.8. The highest BCUT2D eigenvalue weighted by atomic mass is 32.2. The van der Waals surface area contributed by atoms with Gasteiger partial charge in [-0.2, -0.15) is 0 Å². The van der Waals surface area contributed by atoms with Gasteiger partial charge in [-0.1, -0.05) is 18.2 Å². The minimum absolute atomic E-state index is 0.00832. The molecule has 1 aromatic heterocycles. The number of hydrogen-bond acceptors (Lipinski definition) is 5. The Labute approximate surface area is 140 Å². The number of hydrogen-bond donors (Lipinski definition) is 1. The number of ketones is 1. The SMILES string of the molecule is CC(=O)c1ccc(S(=O)(=O)NC(=O)[C@H]2C[C@@H]2c2cccnc2)cc1. The van der Waals surface area contributed by atoms with Crippen molar-refractivity contribution in [3.63, 3.8) is 0 Å². The Hall–Kier alpha value is -2.54. The lowest BCUT2D eigenvalue weighted by Gasteiger charge is -2.07. The molecule has 1 fully saturated rings. The van der Waals surface area contributed by atoms with Gasteiger partial charge < -0.3 is 0 Å². The molecule has 1 N–H and O–H groups in total. The van der Waals surface area contributed by atoms with Crippen LogP contribution in [0.4, 0.5) is 0 Å². The molecule has 0 radical (unpaired) electrons. The van der Waals surface area contributed by atoms with Gasteiger partial charge in [0.05, 0.1) is 4.90 Å². The van der Waals surface area contributed by atoms with Gasteiger partial charge in [-0.25, -0.2) is 13.1 Å². The third-order valence-electron chi connectivity index (χ3n) is 4.05. The van der Waals surface area contributed by atoms with Crippen molar-refractivity contribution in [1.82, 2.24) is 9.71 Å². The number of aromatic nitrogens is 1. The summed E-state index contributed by atoms with van der Waals surface area (Å²) in [5.74, 6) is -1.02. The second-order valence-electron chi connectivity index (χ2n) is 5.79. The number of nitrogens with zero attached hydrogens (tertiary/aromatic N) is 1. The zero-order valence-electron chi connectivity index (χ0n) is 13.0. The lowest BCUT2D eigenvalue weighted by molar-refractivity contribution is -0.120. The molecule has 0 saturated heterocycles. The van der Waals surface area contributed by atoms with Gasteiger partial charge in [0.25, 0.3) is 10.0 Å². The Bertz CT molecular complexity index is 877.